The van der Waals surface area contributed by atoms with E-state index < -0.39 is 51.2 Å². The van der Waals surface area contributed by atoms with Gasteiger partial charge in [-0.05, 0) is 174 Å². The van der Waals surface area contributed by atoms with Crippen LogP contribution in [0.1, 0.15) is 275 Å². The van der Waals surface area contributed by atoms with Gasteiger partial charge in [0.2, 0.25) is 0 Å². The van der Waals surface area contributed by atoms with Gasteiger partial charge in [0.25, 0.3) is 0 Å². The van der Waals surface area contributed by atoms with Crippen LogP contribution in [0.4, 0.5) is 17.6 Å². The van der Waals surface area contributed by atoms with Crippen LogP contribution in [0.2, 0.25) is 0 Å². The van der Waals surface area contributed by atoms with E-state index in [1.807, 2.05) is 36.4 Å². The van der Waals surface area contributed by atoms with Crippen LogP contribution in [-0.4, -0.2) is 38.0 Å². The molecular formula is C98H95F4N3O6S4. The Labute approximate surface area is 688 Å². The Kier molecular flexibility index (Phi) is 26.2. The molecule has 17 heteroatoms. The lowest BCUT2D eigenvalue weighted by atomic mass is 9.67. The van der Waals surface area contributed by atoms with E-state index in [0.29, 0.717) is 47.7 Å². The summed E-state index contributed by atoms with van der Waals surface area (Å²) in [5.74, 6) is -3.02. The minimum atomic E-state index is -1.23. The highest BCUT2D eigenvalue weighted by Crippen LogP contribution is 2.70. The van der Waals surface area contributed by atoms with Crippen LogP contribution in [0.25, 0.3) is 52.2 Å². The predicted molar refractivity (Wildman–Crippen MR) is 459 cm³/mol. The Balaban J connectivity index is 1.01. The highest BCUT2D eigenvalue weighted by molar-refractivity contribution is 7.34. The van der Waals surface area contributed by atoms with E-state index in [1.165, 1.54) is 74.0 Å². The second kappa shape index (κ2) is 36.9. The number of allylic oxidation sites excluding steroid dienone is 6. The molecule has 4 aromatic heterocycles. The number of carbonyl (C=O) groups is 2. The van der Waals surface area contributed by atoms with Crippen molar-refractivity contribution in [3.05, 3.63) is 256 Å². The smallest absolute Gasteiger partial charge is 0.194 e. The van der Waals surface area contributed by atoms with E-state index in [-0.39, 0.29) is 50.1 Å². The first-order chi connectivity index (χ1) is 56.2. The summed E-state index contributed by atoms with van der Waals surface area (Å²) in [7, 11) is 0. The van der Waals surface area contributed by atoms with Crippen molar-refractivity contribution in [2.45, 2.75) is 200 Å². The highest BCUT2D eigenvalue weighted by atomic mass is 32.1. The third kappa shape index (κ3) is 16.0. The number of hydrogen-bond donors (Lipinski definition) is 0. The number of thiophene rings is 4. The van der Waals surface area contributed by atoms with Crippen molar-refractivity contribution in [1.82, 2.24) is 0 Å². The fraction of sp³-hybridized carbons (Fsp3) is 0.357. The first-order valence-corrected chi connectivity index (χ1v) is 44.4. The van der Waals surface area contributed by atoms with Gasteiger partial charge in [-0.25, -0.2) is 17.6 Å². The molecular weight excluding hydrogens is 1520 g/mol. The number of ketones is 2. The van der Waals surface area contributed by atoms with Crippen LogP contribution < -0.4 is 18.9 Å². The molecule has 0 spiro atoms. The molecule has 0 bridgehead atoms. The number of Topliss-reactive ketones (excluding diaryl/α,β-unsaturated/α-hetero) is 2. The van der Waals surface area contributed by atoms with Crippen molar-refractivity contribution in [3.8, 4) is 60.7 Å². The summed E-state index contributed by atoms with van der Waals surface area (Å²) in [5, 5.41) is 31.6. The van der Waals surface area contributed by atoms with Crippen molar-refractivity contribution in [3.63, 3.8) is 0 Å². The molecule has 10 aromatic rings. The average molecular weight is 1620 g/mol. The molecule has 0 saturated carbocycles. The molecule has 4 aliphatic rings. The summed E-state index contributed by atoms with van der Waals surface area (Å²) in [5.41, 5.74) is 5.39. The standard InChI is InChI=1S/C98H95F4N3O6S4/c1-6-10-14-18-22-26-46-108-67-38-30-63(31-39-67)97(64-32-40-68(41-33-64)109-47-27-23-19-15-11-7-2)79-52-71(50-77-85(61(5)58-103)73-54-81(99)83(101)56-75(73)89(77)106)112-91(79)93-87(97)95-96(114-93)88-94(115-95)92-80(53-72(113-92)51-78-86(62(59-104)60-105)74-55-82(100)84(102)57-76(74)90(78)107)98(88,65-34-42-69(43-35-65)110-48-28-24-20-16-12-8-3)66-36-44-70(45-37-66)111-49-29-25-21-17-13-9-4/h30-45,50-57H,6-29,46-49H2,1-5H3/b77-50-,78-51-,85-61-. The summed E-state index contributed by atoms with van der Waals surface area (Å²) in [4.78, 5) is 34.8. The molecule has 590 valence electrons. The summed E-state index contributed by atoms with van der Waals surface area (Å²) in [6, 6.07) is 47.7. The van der Waals surface area contributed by atoms with E-state index in [2.05, 4.69) is 119 Å². The number of fused-ring (bicyclic) bond motifs is 11. The maximum atomic E-state index is 15.4. The van der Waals surface area contributed by atoms with E-state index in [4.69, 9.17) is 18.9 Å². The van der Waals surface area contributed by atoms with Crippen molar-refractivity contribution >= 4 is 89.6 Å². The van der Waals surface area contributed by atoms with Crippen molar-refractivity contribution < 1.29 is 46.1 Å². The van der Waals surface area contributed by atoms with E-state index in [0.717, 1.165) is 212 Å². The molecule has 0 N–H and O–H groups in total. The lowest BCUT2D eigenvalue weighted by Crippen LogP contribution is -2.28. The molecule has 0 atom stereocenters. The van der Waals surface area contributed by atoms with Gasteiger partial charge in [-0.2, -0.15) is 15.8 Å². The van der Waals surface area contributed by atoms with Crippen LogP contribution in [0.5, 0.6) is 23.0 Å². The fourth-order valence-electron chi connectivity index (χ4n) is 17.2. The molecule has 4 aliphatic carbocycles. The molecule has 0 amide bonds. The Morgan fingerprint density at radius 3 is 0.957 bits per heavy atom. The molecule has 115 heavy (non-hydrogen) atoms. The van der Waals surface area contributed by atoms with Gasteiger partial charge in [0, 0.05) is 59.9 Å². The molecule has 6 aromatic carbocycles. The fourth-order valence-corrected chi connectivity index (χ4v) is 22.9. The topological polar surface area (TPSA) is 142 Å². The zero-order valence-corrected chi connectivity index (χ0v) is 69.4. The van der Waals surface area contributed by atoms with E-state index in [9.17, 15) is 25.4 Å². The number of benzene rings is 6. The number of halogens is 4. The summed E-state index contributed by atoms with van der Waals surface area (Å²) >= 11 is 6.38. The summed E-state index contributed by atoms with van der Waals surface area (Å²) < 4.78 is 89.6. The van der Waals surface area contributed by atoms with Gasteiger partial charge in [-0.15, -0.1) is 45.3 Å². The Bertz CT molecular complexity index is 5400. The predicted octanol–water partition coefficient (Wildman–Crippen LogP) is 28.0. The first-order valence-electron chi connectivity index (χ1n) is 41.2. The highest BCUT2D eigenvalue weighted by Gasteiger charge is 2.55. The zero-order chi connectivity index (χ0) is 80.3. The zero-order valence-electron chi connectivity index (χ0n) is 66.1. The molecule has 9 nitrogen and oxygen atoms in total. The van der Waals surface area contributed by atoms with Gasteiger partial charge in [-0.3, -0.25) is 9.59 Å². The van der Waals surface area contributed by atoms with Crippen LogP contribution in [0.15, 0.2) is 156 Å². The Morgan fingerprint density at radius 1 is 0.365 bits per heavy atom. The number of rotatable bonds is 38. The monoisotopic (exact) mass is 1610 g/mol. The third-order valence-corrected chi connectivity index (χ3v) is 28.0. The number of nitrogens with zero attached hydrogens (tertiary/aromatic N) is 3. The molecule has 0 saturated heterocycles. The Hall–Kier alpha value is -9.93. The molecule has 0 unspecified atom stereocenters. The normalized spacial score (nSPS) is 15.0. The van der Waals surface area contributed by atoms with Crippen LogP contribution in [-0.2, 0) is 10.8 Å². The maximum Gasteiger partial charge on any atom is 0.194 e. The molecule has 4 heterocycles. The Morgan fingerprint density at radius 2 is 0.652 bits per heavy atom. The van der Waals surface area contributed by atoms with Crippen LogP contribution >= 0.6 is 45.3 Å². The minimum absolute atomic E-state index is 0.0217. The number of carbonyl (C=O) groups excluding carboxylic acids is 2. The van der Waals surface area contributed by atoms with Crippen molar-refractivity contribution in [2.24, 2.45) is 0 Å². The molecule has 0 fully saturated rings. The quantitative estimate of drug-likeness (QED) is 0.0160. The van der Waals surface area contributed by atoms with Gasteiger partial charge >= 0.3 is 0 Å². The average Bonchev–Trinajstić information content (AvgIpc) is 1.48. The largest absolute Gasteiger partial charge is 0.494 e. The van der Waals surface area contributed by atoms with Crippen molar-refractivity contribution in [2.75, 3.05) is 26.4 Å². The molecule has 14 rings (SSSR count). The number of hydrogen-bond acceptors (Lipinski definition) is 13. The maximum absolute atomic E-state index is 15.4. The summed E-state index contributed by atoms with van der Waals surface area (Å²) in [6.45, 7) is 12.7. The second-order valence-corrected chi connectivity index (χ2v) is 34.8. The van der Waals surface area contributed by atoms with Gasteiger partial charge in [0.1, 0.15) is 40.7 Å². The lowest BCUT2D eigenvalue weighted by molar-refractivity contribution is 0.103. The van der Waals surface area contributed by atoms with Crippen LogP contribution in [0, 0.1) is 57.3 Å². The number of ether oxygens (including phenoxy) is 4. The van der Waals surface area contributed by atoms with E-state index in [1.54, 1.807) is 41.7 Å². The first kappa shape index (κ1) is 81.6. The van der Waals surface area contributed by atoms with Crippen LogP contribution in [0.3, 0.4) is 0 Å². The lowest BCUT2D eigenvalue weighted by Gasteiger charge is -2.34. The van der Waals surface area contributed by atoms with Crippen molar-refractivity contribution in [1.29, 1.82) is 15.8 Å². The number of nitriles is 3. The summed E-state index contributed by atoms with van der Waals surface area (Å²) in [6.07, 6.45) is 30.1. The van der Waals surface area contributed by atoms with Gasteiger partial charge in [0.15, 0.2) is 34.8 Å². The third-order valence-electron chi connectivity index (χ3n) is 23.0. The van der Waals surface area contributed by atoms with E-state index >= 15 is 17.6 Å². The van der Waals surface area contributed by atoms with Gasteiger partial charge in [0.05, 0.1) is 72.2 Å². The van der Waals surface area contributed by atoms with Gasteiger partial charge < -0.3 is 18.9 Å². The molecule has 0 aliphatic heterocycles. The van der Waals surface area contributed by atoms with Gasteiger partial charge in [-0.1, -0.05) is 205 Å². The second-order valence-electron chi connectivity index (χ2n) is 30.6. The minimum Gasteiger partial charge on any atom is -0.494 e. The molecule has 0 radical (unpaired) electrons. The number of unbranched alkanes of at least 4 members (excludes halogenated alkanes) is 20. The SMILES string of the molecule is CCCCCCCCOc1ccc(C2(c3ccc(OCCCCCCCC)cc3)c3cc(/C=C4\C(=O)c5cc(F)c(F)cc5C4=C(C#N)C#N)sc3-c3sc4c5c(sc4c32)-c2sc(/C=C3\C(=O)c4cc(F)c(F)cc4\C3=C(/C)C#N)cc2C5(c2ccc(OCCCCCCCC)cc2)c2ccc(OCCCCCCCC)cc2)cc1.